The number of piperidine rings is 1. The summed E-state index contributed by atoms with van der Waals surface area (Å²) in [7, 11) is -3.69. The molecule has 1 amide bonds. The molecule has 1 atom stereocenters. The summed E-state index contributed by atoms with van der Waals surface area (Å²) >= 11 is 6.07. The van der Waals surface area contributed by atoms with Gasteiger partial charge in [-0.25, -0.2) is 13.1 Å². The zero-order valence-electron chi connectivity index (χ0n) is 11.3. The number of hydrogen-bond donors (Lipinski definition) is 3. The van der Waals surface area contributed by atoms with Crippen LogP contribution in [0.2, 0.25) is 5.02 Å². The maximum Gasteiger partial charge on any atom is 0.242 e. The van der Waals surface area contributed by atoms with E-state index in [1.165, 1.54) is 12.1 Å². The first-order valence-corrected chi connectivity index (χ1v) is 8.67. The molecule has 2 aliphatic rings. The number of anilines is 1. The lowest BCUT2D eigenvalue weighted by Crippen LogP contribution is -2.45. The third kappa shape index (κ3) is 3.06. The molecule has 8 heteroatoms. The molecule has 2 heterocycles. The first-order valence-electron chi connectivity index (χ1n) is 6.81. The molecule has 0 radical (unpaired) electrons. The van der Waals surface area contributed by atoms with Gasteiger partial charge in [0.15, 0.2) is 0 Å². The molecule has 2 aliphatic heterocycles. The number of sulfonamides is 1. The lowest BCUT2D eigenvalue weighted by atomic mass is 10.1. The van der Waals surface area contributed by atoms with Crippen molar-refractivity contribution in [1.82, 2.24) is 10.0 Å². The van der Waals surface area contributed by atoms with Crippen LogP contribution in [0.5, 0.6) is 0 Å². The Hall–Kier alpha value is -1.15. The number of amides is 1. The molecule has 1 aromatic carbocycles. The molecule has 1 saturated heterocycles. The molecule has 1 fully saturated rings. The highest BCUT2D eigenvalue weighted by molar-refractivity contribution is 7.89. The maximum absolute atomic E-state index is 12.5. The summed E-state index contributed by atoms with van der Waals surface area (Å²) in [4.78, 5) is 11.4. The van der Waals surface area contributed by atoms with E-state index >= 15 is 0 Å². The molecule has 0 bridgehead atoms. The van der Waals surface area contributed by atoms with Crippen LogP contribution in [-0.2, 0) is 21.2 Å². The van der Waals surface area contributed by atoms with E-state index in [9.17, 15) is 13.2 Å². The fraction of sp³-hybridized carbons (Fsp3) is 0.462. The van der Waals surface area contributed by atoms with Crippen molar-refractivity contribution in [2.24, 2.45) is 0 Å². The molecule has 6 nitrogen and oxygen atoms in total. The Balaban J connectivity index is 1.88. The van der Waals surface area contributed by atoms with Gasteiger partial charge in [0.2, 0.25) is 15.9 Å². The van der Waals surface area contributed by atoms with Gasteiger partial charge in [-0.2, -0.15) is 0 Å². The van der Waals surface area contributed by atoms with E-state index in [0.717, 1.165) is 19.4 Å². The zero-order valence-corrected chi connectivity index (χ0v) is 12.9. The number of carbonyl (C=O) groups excluding carboxylic acids is 1. The molecule has 1 aromatic rings. The lowest BCUT2D eigenvalue weighted by Gasteiger charge is -2.24. The van der Waals surface area contributed by atoms with Gasteiger partial charge in [-0.05, 0) is 37.1 Å². The molecule has 3 rings (SSSR count). The Kier molecular flexibility index (Phi) is 3.92. The van der Waals surface area contributed by atoms with E-state index < -0.39 is 10.0 Å². The number of benzene rings is 1. The number of halogens is 1. The Labute approximate surface area is 128 Å². The fourth-order valence-corrected chi connectivity index (χ4v) is 4.52. The Morgan fingerprint density at radius 3 is 2.86 bits per heavy atom. The highest BCUT2D eigenvalue weighted by Gasteiger charge is 2.27. The number of nitrogens with one attached hydrogen (secondary N) is 3. The molecule has 0 unspecified atom stereocenters. The second-order valence-electron chi connectivity index (χ2n) is 5.33. The molecule has 0 aliphatic carbocycles. The van der Waals surface area contributed by atoms with E-state index in [-0.39, 0.29) is 28.3 Å². The van der Waals surface area contributed by atoms with Crippen LogP contribution in [0.15, 0.2) is 17.0 Å². The third-order valence-electron chi connectivity index (χ3n) is 3.69. The van der Waals surface area contributed by atoms with Gasteiger partial charge >= 0.3 is 0 Å². The van der Waals surface area contributed by atoms with E-state index in [1.54, 1.807) is 0 Å². The average Bonchev–Trinajstić information content (AvgIpc) is 2.77. The van der Waals surface area contributed by atoms with Crippen molar-refractivity contribution in [3.63, 3.8) is 0 Å². The van der Waals surface area contributed by atoms with Crippen LogP contribution in [-0.4, -0.2) is 33.5 Å². The van der Waals surface area contributed by atoms with Gasteiger partial charge in [0.05, 0.1) is 11.4 Å². The summed E-state index contributed by atoms with van der Waals surface area (Å²) in [6.07, 6.45) is 1.92. The molecule has 0 aromatic heterocycles. The van der Waals surface area contributed by atoms with E-state index in [0.29, 0.717) is 17.8 Å². The molecule has 3 N–H and O–H groups in total. The van der Waals surface area contributed by atoms with Gasteiger partial charge in [-0.15, -0.1) is 0 Å². The van der Waals surface area contributed by atoms with Crippen LogP contribution in [0.3, 0.4) is 0 Å². The quantitative estimate of drug-likeness (QED) is 0.767. The number of fused-ring (bicyclic) bond motifs is 1. The Bertz CT molecular complexity index is 684. The van der Waals surface area contributed by atoms with Crippen LogP contribution in [0, 0.1) is 0 Å². The van der Waals surface area contributed by atoms with Crippen LogP contribution in [0.4, 0.5) is 5.69 Å². The van der Waals surface area contributed by atoms with Gasteiger partial charge in [-0.3, -0.25) is 4.79 Å². The summed E-state index contributed by atoms with van der Waals surface area (Å²) < 4.78 is 27.6. The second kappa shape index (κ2) is 5.57. The monoisotopic (exact) mass is 329 g/mol. The van der Waals surface area contributed by atoms with Gasteiger partial charge in [0, 0.05) is 18.3 Å². The Morgan fingerprint density at radius 1 is 1.33 bits per heavy atom. The SMILES string of the molecule is O=C1Cc2cc(S(=O)(=O)N[C@H]3CCCNC3)c(Cl)cc2N1. The zero-order chi connectivity index (χ0) is 15.0. The van der Waals surface area contributed by atoms with Crippen molar-refractivity contribution in [3.05, 3.63) is 22.7 Å². The van der Waals surface area contributed by atoms with Crippen molar-refractivity contribution in [3.8, 4) is 0 Å². The predicted octanol–water partition coefficient (Wildman–Crippen LogP) is 0.865. The first-order chi connectivity index (χ1) is 9.95. The van der Waals surface area contributed by atoms with Crippen LogP contribution < -0.4 is 15.4 Å². The van der Waals surface area contributed by atoms with Crippen molar-refractivity contribution in [1.29, 1.82) is 0 Å². The minimum Gasteiger partial charge on any atom is -0.325 e. The van der Waals surface area contributed by atoms with Gasteiger partial charge < -0.3 is 10.6 Å². The topological polar surface area (TPSA) is 87.3 Å². The smallest absolute Gasteiger partial charge is 0.242 e. The third-order valence-corrected chi connectivity index (χ3v) is 5.68. The van der Waals surface area contributed by atoms with Crippen molar-refractivity contribution in [2.45, 2.75) is 30.2 Å². The van der Waals surface area contributed by atoms with Gasteiger partial charge in [-0.1, -0.05) is 11.6 Å². The molecular formula is C13H16ClN3O3S. The van der Waals surface area contributed by atoms with Crippen LogP contribution in [0.25, 0.3) is 0 Å². The highest BCUT2D eigenvalue weighted by atomic mass is 35.5. The maximum atomic E-state index is 12.5. The molecule has 21 heavy (non-hydrogen) atoms. The Morgan fingerprint density at radius 2 is 2.14 bits per heavy atom. The van der Waals surface area contributed by atoms with E-state index in [4.69, 9.17) is 11.6 Å². The highest BCUT2D eigenvalue weighted by Crippen LogP contribution is 2.32. The molecular weight excluding hydrogens is 314 g/mol. The standard InChI is InChI=1S/C13H16ClN3O3S/c14-10-6-11-8(5-13(18)16-11)4-12(10)21(19,20)17-9-2-1-3-15-7-9/h4,6,9,15,17H,1-3,5,7H2,(H,16,18)/t9-/m0/s1. The average molecular weight is 330 g/mol. The minimum atomic E-state index is -3.69. The number of rotatable bonds is 3. The first kappa shape index (κ1) is 14.8. The summed E-state index contributed by atoms with van der Waals surface area (Å²) in [6, 6.07) is 2.84. The number of carbonyl (C=O) groups is 1. The second-order valence-corrected chi connectivity index (χ2v) is 7.42. The van der Waals surface area contributed by atoms with Crippen molar-refractivity contribution >= 4 is 33.2 Å². The molecule has 0 spiro atoms. The van der Waals surface area contributed by atoms with Gasteiger partial charge in [0.1, 0.15) is 4.90 Å². The lowest BCUT2D eigenvalue weighted by molar-refractivity contribution is -0.115. The predicted molar refractivity (Wildman–Crippen MR) is 80.0 cm³/mol. The van der Waals surface area contributed by atoms with Gasteiger partial charge in [0.25, 0.3) is 0 Å². The van der Waals surface area contributed by atoms with E-state index in [1.807, 2.05) is 0 Å². The molecule has 0 saturated carbocycles. The number of hydrogen-bond acceptors (Lipinski definition) is 4. The summed E-state index contributed by atoms with van der Waals surface area (Å²) in [6.45, 7) is 1.52. The summed E-state index contributed by atoms with van der Waals surface area (Å²) in [5, 5.41) is 5.92. The fourth-order valence-electron chi connectivity index (χ4n) is 2.67. The normalized spacial score (nSPS) is 22.0. The van der Waals surface area contributed by atoms with Crippen molar-refractivity contribution < 1.29 is 13.2 Å². The van der Waals surface area contributed by atoms with Crippen molar-refractivity contribution in [2.75, 3.05) is 18.4 Å². The summed E-state index contributed by atoms with van der Waals surface area (Å²) in [5.74, 6) is -0.153. The van der Waals surface area contributed by atoms with E-state index in [2.05, 4.69) is 15.4 Å². The minimum absolute atomic E-state index is 0.0324. The van der Waals surface area contributed by atoms with Crippen LogP contribution in [0.1, 0.15) is 18.4 Å². The largest absolute Gasteiger partial charge is 0.325 e. The molecule has 114 valence electrons. The summed E-state index contributed by atoms with van der Waals surface area (Å²) in [5.41, 5.74) is 1.25. The van der Waals surface area contributed by atoms with Crippen LogP contribution >= 0.6 is 11.6 Å².